The SMILES string of the molecule is CCCC1CCC(CCc2ccc(-c3cc(F)c(F)nc3Cl)cc2)CC1. The van der Waals surface area contributed by atoms with Gasteiger partial charge in [0.05, 0.1) is 0 Å². The average Bonchev–Trinajstić information content (AvgIpc) is 2.65. The molecule has 1 heterocycles. The molecule has 26 heavy (non-hydrogen) atoms. The minimum absolute atomic E-state index is 0.0134. The number of aromatic nitrogens is 1. The minimum atomic E-state index is -1.16. The highest BCUT2D eigenvalue weighted by atomic mass is 35.5. The van der Waals surface area contributed by atoms with Crippen molar-refractivity contribution in [1.29, 1.82) is 0 Å². The van der Waals surface area contributed by atoms with Crippen molar-refractivity contribution in [2.75, 3.05) is 0 Å². The van der Waals surface area contributed by atoms with Crippen LogP contribution < -0.4 is 0 Å². The van der Waals surface area contributed by atoms with Gasteiger partial charge in [-0.2, -0.15) is 4.39 Å². The predicted molar refractivity (Wildman–Crippen MR) is 103 cm³/mol. The minimum Gasteiger partial charge on any atom is -0.205 e. The molecule has 0 atom stereocenters. The fourth-order valence-corrected chi connectivity index (χ4v) is 4.32. The highest BCUT2D eigenvalue weighted by molar-refractivity contribution is 6.32. The number of hydrogen-bond acceptors (Lipinski definition) is 1. The Hall–Kier alpha value is -1.48. The van der Waals surface area contributed by atoms with Gasteiger partial charge in [-0.05, 0) is 41.9 Å². The highest BCUT2D eigenvalue weighted by Crippen LogP contribution is 2.34. The summed E-state index contributed by atoms with van der Waals surface area (Å²) in [6.07, 6.45) is 10.5. The number of hydrogen-bond donors (Lipinski definition) is 0. The Balaban J connectivity index is 1.56. The lowest BCUT2D eigenvalue weighted by atomic mass is 9.78. The molecule has 0 spiro atoms. The van der Waals surface area contributed by atoms with E-state index >= 15 is 0 Å². The maximum Gasteiger partial charge on any atom is 0.250 e. The number of rotatable bonds is 6. The van der Waals surface area contributed by atoms with E-state index in [2.05, 4.69) is 24.0 Å². The lowest BCUT2D eigenvalue weighted by Crippen LogP contribution is -2.15. The standard InChI is InChI=1S/C22H26ClF2N/c1-2-3-15-4-6-16(7-5-15)8-9-17-10-12-18(13-11-17)19-14-20(24)22(25)26-21(19)23/h10-16H,2-9H2,1H3. The van der Waals surface area contributed by atoms with Crippen molar-refractivity contribution in [3.63, 3.8) is 0 Å². The summed E-state index contributed by atoms with van der Waals surface area (Å²) in [5.41, 5.74) is 2.45. The molecule has 1 aliphatic carbocycles. The van der Waals surface area contributed by atoms with E-state index in [9.17, 15) is 8.78 Å². The van der Waals surface area contributed by atoms with Crippen molar-refractivity contribution in [1.82, 2.24) is 4.98 Å². The van der Waals surface area contributed by atoms with Crippen LogP contribution in [0.25, 0.3) is 11.1 Å². The Morgan fingerprint density at radius 2 is 1.62 bits per heavy atom. The number of halogens is 3. The van der Waals surface area contributed by atoms with Crippen LogP contribution in [-0.4, -0.2) is 4.98 Å². The number of benzene rings is 1. The molecular weight excluding hydrogens is 352 g/mol. The van der Waals surface area contributed by atoms with E-state index in [0.717, 1.165) is 29.9 Å². The average molecular weight is 378 g/mol. The molecular formula is C22H26ClF2N. The largest absolute Gasteiger partial charge is 0.250 e. The first-order valence-corrected chi connectivity index (χ1v) is 10.1. The zero-order valence-corrected chi connectivity index (χ0v) is 16.0. The van der Waals surface area contributed by atoms with Gasteiger partial charge in [0, 0.05) is 5.56 Å². The molecule has 0 amide bonds. The molecule has 0 unspecified atom stereocenters. The fraction of sp³-hybridized carbons (Fsp3) is 0.500. The van der Waals surface area contributed by atoms with Crippen LogP contribution in [0, 0.1) is 23.6 Å². The number of nitrogens with zero attached hydrogens (tertiary/aromatic N) is 1. The van der Waals surface area contributed by atoms with Crippen LogP contribution in [-0.2, 0) is 6.42 Å². The molecule has 2 aromatic rings. The lowest BCUT2D eigenvalue weighted by Gasteiger charge is -2.28. The summed E-state index contributed by atoms with van der Waals surface area (Å²) in [6, 6.07) is 9.03. The molecule has 1 nitrogen and oxygen atoms in total. The van der Waals surface area contributed by atoms with E-state index in [1.54, 1.807) is 0 Å². The summed E-state index contributed by atoms with van der Waals surface area (Å²) in [7, 11) is 0. The first-order valence-electron chi connectivity index (χ1n) is 9.67. The van der Waals surface area contributed by atoms with E-state index < -0.39 is 11.8 Å². The molecule has 1 fully saturated rings. The van der Waals surface area contributed by atoms with Crippen molar-refractivity contribution < 1.29 is 8.78 Å². The zero-order valence-electron chi connectivity index (χ0n) is 15.3. The number of pyridine rings is 1. The first-order chi connectivity index (χ1) is 12.6. The van der Waals surface area contributed by atoms with Gasteiger partial charge >= 0.3 is 0 Å². The summed E-state index contributed by atoms with van der Waals surface area (Å²) in [5.74, 6) is -0.353. The number of aryl methyl sites for hydroxylation is 1. The van der Waals surface area contributed by atoms with Crippen LogP contribution in [0.2, 0.25) is 5.15 Å². The second kappa shape index (κ2) is 8.94. The van der Waals surface area contributed by atoms with Gasteiger partial charge in [0.1, 0.15) is 5.15 Å². The molecule has 1 aromatic carbocycles. The normalized spacial score (nSPS) is 20.3. The molecule has 0 N–H and O–H groups in total. The van der Waals surface area contributed by atoms with Gasteiger partial charge in [0.2, 0.25) is 5.95 Å². The van der Waals surface area contributed by atoms with E-state index in [0.29, 0.717) is 5.56 Å². The molecule has 1 aromatic heterocycles. The van der Waals surface area contributed by atoms with Crippen LogP contribution in [0.3, 0.4) is 0 Å². The van der Waals surface area contributed by atoms with Gasteiger partial charge in [-0.1, -0.05) is 81.3 Å². The highest BCUT2D eigenvalue weighted by Gasteiger charge is 2.20. The summed E-state index contributed by atoms with van der Waals surface area (Å²) in [5, 5.41) is -0.0134. The molecule has 3 rings (SSSR count). The molecule has 0 radical (unpaired) electrons. The van der Waals surface area contributed by atoms with Crippen molar-refractivity contribution in [2.45, 2.75) is 58.3 Å². The molecule has 0 saturated heterocycles. The topological polar surface area (TPSA) is 12.9 Å². The Kier molecular flexibility index (Phi) is 6.63. The monoisotopic (exact) mass is 377 g/mol. The third kappa shape index (κ3) is 4.82. The van der Waals surface area contributed by atoms with Gasteiger partial charge in [0.15, 0.2) is 5.82 Å². The van der Waals surface area contributed by atoms with Crippen molar-refractivity contribution in [3.8, 4) is 11.1 Å². The van der Waals surface area contributed by atoms with E-state index in [1.807, 2.05) is 12.1 Å². The Bertz CT molecular complexity index is 722. The summed E-state index contributed by atoms with van der Waals surface area (Å²) in [4.78, 5) is 3.41. The zero-order chi connectivity index (χ0) is 18.5. The molecule has 140 valence electrons. The molecule has 1 saturated carbocycles. The van der Waals surface area contributed by atoms with Crippen molar-refractivity contribution in [2.24, 2.45) is 11.8 Å². The summed E-state index contributed by atoms with van der Waals surface area (Å²) >= 11 is 5.95. The maximum absolute atomic E-state index is 13.4. The van der Waals surface area contributed by atoms with Crippen LogP contribution in [0.5, 0.6) is 0 Å². The van der Waals surface area contributed by atoms with Gasteiger partial charge in [-0.15, -0.1) is 0 Å². The van der Waals surface area contributed by atoms with Gasteiger partial charge in [-0.3, -0.25) is 0 Å². The van der Waals surface area contributed by atoms with Crippen molar-refractivity contribution in [3.05, 3.63) is 52.8 Å². The third-order valence-corrected chi connectivity index (χ3v) is 5.94. The molecule has 1 aliphatic rings. The predicted octanol–water partition coefficient (Wildman–Crippen LogP) is 7.22. The second-order valence-electron chi connectivity index (χ2n) is 7.51. The Labute approximate surface area is 159 Å². The molecule has 4 heteroatoms. The van der Waals surface area contributed by atoms with Gasteiger partial charge in [-0.25, -0.2) is 9.37 Å². The lowest BCUT2D eigenvalue weighted by molar-refractivity contribution is 0.252. The summed E-state index contributed by atoms with van der Waals surface area (Å²) < 4.78 is 26.5. The molecule has 0 aliphatic heterocycles. The first kappa shape index (κ1) is 19.3. The fourth-order valence-electron chi connectivity index (χ4n) is 4.09. The quantitative estimate of drug-likeness (QED) is 0.484. The Morgan fingerprint density at radius 1 is 1.00 bits per heavy atom. The smallest absolute Gasteiger partial charge is 0.205 e. The van der Waals surface area contributed by atoms with Crippen LogP contribution in [0.4, 0.5) is 8.78 Å². The summed E-state index contributed by atoms with van der Waals surface area (Å²) in [6.45, 7) is 2.28. The van der Waals surface area contributed by atoms with Crippen LogP contribution >= 0.6 is 11.6 Å². The van der Waals surface area contributed by atoms with Crippen LogP contribution in [0.15, 0.2) is 30.3 Å². The second-order valence-corrected chi connectivity index (χ2v) is 7.87. The van der Waals surface area contributed by atoms with Crippen molar-refractivity contribution >= 4 is 11.6 Å². The maximum atomic E-state index is 13.4. The molecule has 0 bridgehead atoms. The Morgan fingerprint density at radius 3 is 2.23 bits per heavy atom. The van der Waals surface area contributed by atoms with Gasteiger partial charge < -0.3 is 0 Å². The van der Waals surface area contributed by atoms with E-state index in [4.69, 9.17) is 11.6 Å². The van der Waals surface area contributed by atoms with E-state index in [1.165, 1.54) is 50.5 Å². The van der Waals surface area contributed by atoms with Crippen LogP contribution in [0.1, 0.15) is 57.4 Å². The third-order valence-electron chi connectivity index (χ3n) is 5.66. The van der Waals surface area contributed by atoms with Gasteiger partial charge in [0.25, 0.3) is 0 Å². The van der Waals surface area contributed by atoms with E-state index in [-0.39, 0.29) is 5.15 Å².